The Hall–Kier alpha value is -3.18. The third-order valence-electron chi connectivity index (χ3n) is 8.91. The molecule has 10 heteroatoms. The number of nitrogens with one attached hydrogen (secondary N) is 2. The van der Waals surface area contributed by atoms with Crippen molar-refractivity contribution in [3.63, 3.8) is 0 Å². The summed E-state index contributed by atoms with van der Waals surface area (Å²) in [5.74, 6) is 3.56. The largest absolute Gasteiger partial charge is 0.354 e. The van der Waals surface area contributed by atoms with Crippen LogP contribution in [0, 0.1) is 0 Å². The van der Waals surface area contributed by atoms with Crippen molar-refractivity contribution in [2.24, 2.45) is 11.5 Å². The summed E-state index contributed by atoms with van der Waals surface area (Å²) in [6, 6.07) is 26.2. The predicted octanol–water partition coefficient (Wildman–Crippen LogP) is 8.02. The summed E-state index contributed by atoms with van der Waals surface area (Å²) in [6.45, 7) is 7.36. The first-order valence-electron chi connectivity index (χ1n) is 17.7. The molecule has 0 atom stereocenters. The van der Waals surface area contributed by atoms with Gasteiger partial charge in [0.05, 0.1) is 11.4 Å². The van der Waals surface area contributed by atoms with E-state index in [9.17, 15) is 0 Å². The minimum atomic E-state index is 0.118. The van der Waals surface area contributed by atoms with Gasteiger partial charge in [0.15, 0.2) is 0 Å². The van der Waals surface area contributed by atoms with Gasteiger partial charge in [-0.2, -0.15) is 0 Å². The number of unbranched alkanes of at least 4 members (excludes halogenated alkanes) is 4. The molecule has 1 aliphatic rings. The van der Waals surface area contributed by atoms with Crippen LogP contribution in [0.15, 0.2) is 82.8 Å². The lowest BCUT2D eigenvalue weighted by Crippen LogP contribution is -2.41. The Labute approximate surface area is 295 Å². The normalized spacial score (nSPS) is 18.8. The van der Waals surface area contributed by atoms with Crippen LogP contribution in [-0.2, 0) is 0 Å². The first-order chi connectivity index (χ1) is 23.7. The Kier molecular flexibility index (Phi) is 14.4. The maximum Gasteiger partial charge on any atom is 0.223 e. The van der Waals surface area contributed by atoms with Gasteiger partial charge in [0.1, 0.15) is 10.1 Å². The quantitative estimate of drug-likeness (QED) is 0.0413. The van der Waals surface area contributed by atoms with Gasteiger partial charge >= 0.3 is 0 Å². The van der Waals surface area contributed by atoms with Gasteiger partial charge in [-0.05, 0) is 36.1 Å². The highest BCUT2D eigenvalue weighted by molar-refractivity contribution is 7.99. The summed E-state index contributed by atoms with van der Waals surface area (Å²) < 4.78 is 0. The second-order valence-corrected chi connectivity index (χ2v) is 14.6. The van der Waals surface area contributed by atoms with E-state index >= 15 is 0 Å². The fraction of sp³-hybridized carbons (Fsp3) is 0.474. The van der Waals surface area contributed by atoms with Crippen molar-refractivity contribution in [3.8, 4) is 0 Å². The molecule has 0 bridgehead atoms. The van der Waals surface area contributed by atoms with Gasteiger partial charge in [-0.3, -0.25) is 0 Å². The molecule has 1 aliphatic carbocycles. The standard InChI is InChI=1S/C38H52N8S2/c1-3-5-13-21-41-37-43-29(25-31(45-37)47-23-19-39)35-33(27-15-9-7-10-16-27)36(34(35)28-17-11-8-12-18-28)30-26-32(48-24-20-40)46-38(44-30)42-22-14-6-4-2/h7-12,15-18,25-26,33-36H,3-6,13-14,19-24,39-40H2,1-2H3,(H,41,43,45)(H,42,44,46)/t33-,34-,35-,36-. The number of thioether (sulfide) groups is 2. The summed E-state index contributed by atoms with van der Waals surface area (Å²) in [4.78, 5) is 20.3. The number of hydrogen-bond donors (Lipinski definition) is 4. The number of benzene rings is 2. The van der Waals surface area contributed by atoms with Gasteiger partial charge in [-0.15, -0.1) is 23.5 Å². The highest BCUT2D eigenvalue weighted by Gasteiger charge is 2.54. The van der Waals surface area contributed by atoms with Crippen LogP contribution in [0.4, 0.5) is 11.9 Å². The second-order valence-electron chi connectivity index (χ2n) is 12.4. The molecule has 8 nitrogen and oxygen atoms in total. The third kappa shape index (κ3) is 9.49. The Morgan fingerprint density at radius 3 is 1.35 bits per heavy atom. The fourth-order valence-electron chi connectivity index (χ4n) is 6.67. The minimum Gasteiger partial charge on any atom is -0.354 e. The van der Waals surface area contributed by atoms with Crippen molar-refractivity contribution in [1.82, 2.24) is 19.9 Å². The van der Waals surface area contributed by atoms with Crippen molar-refractivity contribution >= 4 is 35.4 Å². The molecule has 0 spiro atoms. The molecule has 2 aromatic carbocycles. The second kappa shape index (κ2) is 19.1. The molecule has 48 heavy (non-hydrogen) atoms. The maximum atomic E-state index is 5.94. The van der Waals surface area contributed by atoms with E-state index in [1.54, 1.807) is 23.5 Å². The summed E-state index contributed by atoms with van der Waals surface area (Å²) in [5, 5.41) is 9.02. The molecule has 2 aromatic heterocycles. The van der Waals surface area contributed by atoms with Crippen LogP contribution in [0.2, 0.25) is 0 Å². The molecule has 1 saturated carbocycles. The summed E-state index contributed by atoms with van der Waals surface area (Å²) in [7, 11) is 0. The molecule has 4 aromatic rings. The minimum absolute atomic E-state index is 0.118. The number of hydrogen-bond acceptors (Lipinski definition) is 10. The number of rotatable bonds is 20. The molecular formula is C38H52N8S2. The first-order valence-corrected chi connectivity index (χ1v) is 19.6. The Balaban J connectivity index is 1.62. The topological polar surface area (TPSA) is 128 Å². The van der Waals surface area contributed by atoms with Crippen molar-refractivity contribution in [1.29, 1.82) is 0 Å². The van der Waals surface area contributed by atoms with Gasteiger partial charge in [-0.1, -0.05) is 100 Å². The molecule has 0 saturated heterocycles. The highest BCUT2D eigenvalue weighted by atomic mass is 32.2. The number of aromatic nitrogens is 4. The van der Waals surface area contributed by atoms with Gasteiger partial charge in [-0.25, -0.2) is 19.9 Å². The van der Waals surface area contributed by atoms with Crippen LogP contribution in [0.5, 0.6) is 0 Å². The van der Waals surface area contributed by atoms with E-state index in [0.717, 1.165) is 58.9 Å². The van der Waals surface area contributed by atoms with Gasteiger partial charge in [0.2, 0.25) is 11.9 Å². The van der Waals surface area contributed by atoms with Crippen LogP contribution in [-0.4, -0.2) is 57.6 Å². The van der Waals surface area contributed by atoms with Crippen LogP contribution in [0.25, 0.3) is 0 Å². The number of anilines is 2. The molecule has 256 valence electrons. The molecule has 5 rings (SSSR count). The lowest BCUT2D eigenvalue weighted by Gasteiger charge is -2.52. The number of nitrogens with zero attached hydrogens (tertiary/aromatic N) is 4. The van der Waals surface area contributed by atoms with E-state index < -0.39 is 0 Å². The van der Waals surface area contributed by atoms with Crippen LogP contribution < -0.4 is 22.1 Å². The average molecular weight is 685 g/mol. The average Bonchev–Trinajstić information content (AvgIpc) is 3.11. The van der Waals surface area contributed by atoms with Crippen LogP contribution in [0.3, 0.4) is 0 Å². The first kappa shape index (κ1) is 36.1. The van der Waals surface area contributed by atoms with E-state index in [-0.39, 0.29) is 23.7 Å². The maximum absolute atomic E-state index is 5.94. The molecule has 2 heterocycles. The molecule has 0 radical (unpaired) electrons. The summed E-state index contributed by atoms with van der Waals surface area (Å²) >= 11 is 3.40. The van der Waals surface area contributed by atoms with E-state index in [1.807, 2.05) is 0 Å². The van der Waals surface area contributed by atoms with Crippen molar-refractivity contribution < 1.29 is 0 Å². The molecular weight excluding hydrogens is 633 g/mol. The van der Waals surface area contributed by atoms with E-state index in [0.29, 0.717) is 25.0 Å². The monoisotopic (exact) mass is 684 g/mol. The highest BCUT2D eigenvalue weighted by Crippen LogP contribution is 2.66. The van der Waals surface area contributed by atoms with Crippen LogP contribution in [0.1, 0.15) is 98.6 Å². The lowest BCUT2D eigenvalue weighted by atomic mass is 9.50. The van der Waals surface area contributed by atoms with Gasteiger partial charge < -0.3 is 22.1 Å². The smallest absolute Gasteiger partial charge is 0.223 e. The predicted molar refractivity (Wildman–Crippen MR) is 203 cm³/mol. The van der Waals surface area contributed by atoms with Crippen molar-refractivity contribution in [3.05, 3.63) is 95.3 Å². The molecule has 0 amide bonds. The fourth-order valence-corrected chi connectivity index (χ4v) is 8.04. The van der Waals surface area contributed by atoms with E-state index in [1.165, 1.54) is 36.8 Å². The third-order valence-corrected chi connectivity index (χ3v) is 10.8. The molecule has 6 N–H and O–H groups in total. The Morgan fingerprint density at radius 2 is 0.979 bits per heavy atom. The molecule has 1 fully saturated rings. The zero-order valence-corrected chi connectivity index (χ0v) is 30.1. The van der Waals surface area contributed by atoms with Crippen molar-refractivity contribution in [2.45, 2.75) is 86.1 Å². The number of nitrogens with two attached hydrogens (primary N) is 2. The summed E-state index contributed by atoms with van der Waals surface area (Å²) in [5.41, 5.74) is 16.6. The Bertz CT molecular complexity index is 1400. The van der Waals surface area contributed by atoms with E-state index in [4.69, 9.17) is 31.4 Å². The zero-order chi connectivity index (χ0) is 33.6. The molecule has 0 unspecified atom stereocenters. The summed E-state index contributed by atoms with van der Waals surface area (Å²) in [6.07, 6.45) is 6.88. The van der Waals surface area contributed by atoms with Crippen molar-refractivity contribution in [2.75, 3.05) is 48.3 Å². The zero-order valence-electron chi connectivity index (χ0n) is 28.5. The Morgan fingerprint density at radius 1 is 0.562 bits per heavy atom. The van der Waals surface area contributed by atoms with Gasteiger partial charge in [0.25, 0.3) is 0 Å². The lowest BCUT2D eigenvalue weighted by molar-refractivity contribution is 0.219. The van der Waals surface area contributed by atoms with Crippen LogP contribution >= 0.6 is 23.5 Å². The SMILES string of the molecule is CCCCCNc1nc(SCCN)cc([C@H]2[C@H](c3ccccc3)[C@H](c3cc(SCCN)nc(NCCCCC)n3)[C@H]2c2ccccc2)n1. The molecule has 0 aliphatic heterocycles. The van der Waals surface area contributed by atoms with E-state index in [2.05, 4.69) is 97.3 Å². The van der Waals surface area contributed by atoms with Gasteiger partial charge in [0, 0.05) is 61.4 Å².